The Morgan fingerprint density at radius 3 is 2.53 bits per heavy atom. The summed E-state index contributed by atoms with van der Waals surface area (Å²) in [6, 6.07) is 6.05. The van der Waals surface area contributed by atoms with E-state index >= 15 is 0 Å². The van der Waals surface area contributed by atoms with Gasteiger partial charge in [-0.3, -0.25) is 9.79 Å². The maximum Gasteiger partial charge on any atom is 0.251 e. The van der Waals surface area contributed by atoms with Crippen LogP contribution in [0.5, 0.6) is 5.75 Å². The van der Waals surface area contributed by atoms with Crippen LogP contribution >= 0.6 is 0 Å². The van der Waals surface area contributed by atoms with Gasteiger partial charge in [-0.15, -0.1) is 0 Å². The van der Waals surface area contributed by atoms with Crippen molar-refractivity contribution < 1.29 is 9.90 Å². The van der Waals surface area contributed by atoms with Gasteiger partial charge in [-0.05, 0) is 30.7 Å². The van der Waals surface area contributed by atoms with Crippen LogP contribution in [0.4, 0.5) is 0 Å². The van der Waals surface area contributed by atoms with E-state index in [1.807, 2.05) is 0 Å². The Morgan fingerprint density at radius 2 is 1.94 bits per heavy atom. The first kappa shape index (κ1) is 12.8. The molecule has 0 unspecified atom stereocenters. The maximum atomic E-state index is 11.6. The first-order chi connectivity index (χ1) is 8.09. The number of hydrogen-bond donors (Lipinski definition) is 4. The van der Waals surface area contributed by atoms with Gasteiger partial charge in [0.15, 0.2) is 5.96 Å². The number of nitrogens with zero attached hydrogens (tertiary/aromatic N) is 1. The first-order valence-corrected chi connectivity index (χ1v) is 5.22. The van der Waals surface area contributed by atoms with Crippen LogP contribution in [0.3, 0.4) is 0 Å². The molecule has 0 heterocycles. The minimum Gasteiger partial charge on any atom is -0.508 e. The summed E-state index contributed by atoms with van der Waals surface area (Å²) in [4.78, 5) is 15.4. The molecule has 1 amide bonds. The average Bonchev–Trinajstić information content (AvgIpc) is 2.29. The zero-order valence-corrected chi connectivity index (χ0v) is 9.39. The van der Waals surface area contributed by atoms with Crippen LogP contribution in [0.15, 0.2) is 29.3 Å². The lowest BCUT2D eigenvalue weighted by molar-refractivity contribution is 0.0953. The van der Waals surface area contributed by atoms with Gasteiger partial charge in [0.05, 0.1) is 0 Å². The molecule has 0 spiro atoms. The number of rotatable bonds is 5. The molecule has 0 aromatic heterocycles. The number of phenols is 1. The minimum atomic E-state index is -0.185. The smallest absolute Gasteiger partial charge is 0.251 e. The fourth-order valence-electron chi connectivity index (χ4n) is 1.20. The van der Waals surface area contributed by atoms with Crippen molar-refractivity contribution in [3.63, 3.8) is 0 Å². The third-order valence-electron chi connectivity index (χ3n) is 2.04. The first-order valence-electron chi connectivity index (χ1n) is 5.22. The number of nitrogens with one attached hydrogen (secondary N) is 1. The second kappa shape index (κ2) is 6.37. The van der Waals surface area contributed by atoms with E-state index in [0.717, 1.165) is 0 Å². The van der Waals surface area contributed by atoms with Gasteiger partial charge in [-0.2, -0.15) is 0 Å². The summed E-state index contributed by atoms with van der Waals surface area (Å²) < 4.78 is 0. The van der Waals surface area contributed by atoms with Crippen molar-refractivity contribution in [3.8, 4) is 5.75 Å². The quantitative estimate of drug-likeness (QED) is 0.321. The highest BCUT2D eigenvalue weighted by molar-refractivity contribution is 5.94. The van der Waals surface area contributed by atoms with E-state index in [4.69, 9.17) is 16.6 Å². The molecule has 6 N–H and O–H groups in total. The topological polar surface area (TPSA) is 114 Å². The number of carbonyl (C=O) groups is 1. The Hall–Kier alpha value is -2.24. The highest BCUT2D eigenvalue weighted by atomic mass is 16.3. The fourth-order valence-corrected chi connectivity index (χ4v) is 1.20. The second-order valence-corrected chi connectivity index (χ2v) is 3.46. The van der Waals surface area contributed by atoms with Gasteiger partial charge in [0, 0.05) is 18.7 Å². The number of benzene rings is 1. The molecule has 0 saturated carbocycles. The van der Waals surface area contributed by atoms with Gasteiger partial charge in [0.2, 0.25) is 0 Å². The van der Waals surface area contributed by atoms with Crippen LogP contribution in [0.25, 0.3) is 0 Å². The molecule has 0 atom stereocenters. The van der Waals surface area contributed by atoms with E-state index in [1.165, 1.54) is 12.1 Å². The van der Waals surface area contributed by atoms with E-state index in [9.17, 15) is 4.79 Å². The number of guanidine groups is 1. The Bertz CT molecular complexity index is 396. The molecule has 1 aromatic rings. The normalized spacial score (nSPS) is 9.65. The van der Waals surface area contributed by atoms with Crippen molar-refractivity contribution in [1.29, 1.82) is 0 Å². The summed E-state index contributed by atoms with van der Waals surface area (Å²) in [5, 5.41) is 11.8. The van der Waals surface area contributed by atoms with Gasteiger partial charge in [-0.25, -0.2) is 0 Å². The SMILES string of the molecule is NC(N)=NCCCNC(=O)c1ccc(O)cc1. The third-order valence-corrected chi connectivity index (χ3v) is 2.04. The average molecular weight is 236 g/mol. The number of aromatic hydroxyl groups is 1. The van der Waals surface area contributed by atoms with Crippen LogP contribution in [0.1, 0.15) is 16.8 Å². The Morgan fingerprint density at radius 1 is 1.29 bits per heavy atom. The van der Waals surface area contributed by atoms with Crippen molar-refractivity contribution in [2.24, 2.45) is 16.5 Å². The molecule has 6 heteroatoms. The molecule has 1 rings (SSSR count). The molecule has 0 fully saturated rings. The molecule has 0 bridgehead atoms. The van der Waals surface area contributed by atoms with E-state index < -0.39 is 0 Å². The number of carbonyl (C=O) groups excluding carboxylic acids is 1. The molecule has 92 valence electrons. The zero-order valence-electron chi connectivity index (χ0n) is 9.39. The van der Waals surface area contributed by atoms with E-state index in [0.29, 0.717) is 25.1 Å². The molecule has 0 radical (unpaired) electrons. The third kappa shape index (κ3) is 4.87. The fraction of sp³-hybridized carbons (Fsp3) is 0.273. The summed E-state index contributed by atoms with van der Waals surface area (Å²) in [5.74, 6) is -0.00105. The Balaban J connectivity index is 2.30. The molecule has 1 aromatic carbocycles. The van der Waals surface area contributed by atoms with E-state index in [1.54, 1.807) is 12.1 Å². The van der Waals surface area contributed by atoms with Gasteiger partial charge in [-0.1, -0.05) is 0 Å². The summed E-state index contributed by atoms with van der Waals surface area (Å²) in [6.07, 6.45) is 0.668. The maximum absolute atomic E-state index is 11.6. The molecule has 0 aliphatic carbocycles. The monoisotopic (exact) mass is 236 g/mol. The van der Waals surface area contributed by atoms with Crippen LogP contribution in [-0.4, -0.2) is 30.1 Å². The Labute approximate surface area is 99.3 Å². The van der Waals surface area contributed by atoms with E-state index in [2.05, 4.69) is 10.3 Å². The zero-order chi connectivity index (χ0) is 12.7. The van der Waals surface area contributed by atoms with Crippen LogP contribution in [-0.2, 0) is 0 Å². The summed E-state index contributed by atoms with van der Waals surface area (Å²) in [6.45, 7) is 0.981. The lowest BCUT2D eigenvalue weighted by Crippen LogP contribution is -2.26. The molecule has 0 aliphatic heterocycles. The number of nitrogens with two attached hydrogens (primary N) is 2. The molecule has 0 aliphatic rings. The molecule has 6 nitrogen and oxygen atoms in total. The predicted molar refractivity (Wildman–Crippen MR) is 65.7 cm³/mol. The van der Waals surface area contributed by atoms with Crippen LogP contribution < -0.4 is 16.8 Å². The van der Waals surface area contributed by atoms with Crippen molar-refractivity contribution in [2.45, 2.75) is 6.42 Å². The number of phenolic OH excluding ortho intramolecular Hbond substituents is 1. The lowest BCUT2D eigenvalue weighted by Gasteiger charge is -2.04. The second-order valence-electron chi connectivity index (χ2n) is 3.46. The Kier molecular flexibility index (Phi) is 4.80. The number of aliphatic imine (C=N–C) groups is 1. The standard InChI is InChI=1S/C11H16N4O2/c12-11(13)15-7-1-6-14-10(17)8-2-4-9(16)5-3-8/h2-5,16H,1,6-7H2,(H,14,17)(H4,12,13,15). The summed E-state index contributed by atoms with van der Waals surface area (Å²) in [7, 11) is 0. The van der Waals surface area contributed by atoms with Crippen LogP contribution in [0.2, 0.25) is 0 Å². The van der Waals surface area contributed by atoms with Gasteiger partial charge in [0.25, 0.3) is 5.91 Å². The van der Waals surface area contributed by atoms with Crippen LogP contribution in [0, 0.1) is 0 Å². The highest BCUT2D eigenvalue weighted by Gasteiger charge is 2.03. The number of amides is 1. The minimum absolute atomic E-state index is 0.0508. The largest absolute Gasteiger partial charge is 0.508 e. The van der Waals surface area contributed by atoms with Crippen molar-refractivity contribution in [3.05, 3.63) is 29.8 Å². The van der Waals surface area contributed by atoms with Gasteiger partial charge < -0.3 is 21.9 Å². The van der Waals surface area contributed by atoms with E-state index in [-0.39, 0.29) is 17.6 Å². The van der Waals surface area contributed by atoms with Crippen molar-refractivity contribution in [2.75, 3.05) is 13.1 Å². The molecular formula is C11H16N4O2. The molecule has 0 saturated heterocycles. The van der Waals surface area contributed by atoms with Gasteiger partial charge >= 0.3 is 0 Å². The summed E-state index contributed by atoms with van der Waals surface area (Å²) in [5.41, 5.74) is 10.8. The number of hydrogen-bond acceptors (Lipinski definition) is 3. The molecule has 17 heavy (non-hydrogen) atoms. The van der Waals surface area contributed by atoms with Crippen molar-refractivity contribution >= 4 is 11.9 Å². The lowest BCUT2D eigenvalue weighted by atomic mass is 10.2. The molecular weight excluding hydrogens is 220 g/mol. The predicted octanol–water partition coefficient (Wildman–Crippen LogP) is -0.214. The highest BCUT2D eigenvalue weighted by Crippen LogP contribution is 2.09. The van der Waals surface area contributed by atoms with Gasteiger partial charge in [0.1, 0.15) is 5.75 Å². The summed E-state index contributed by atoms with van der Waals surface area (Å²) >= 11 is 0. The van der Waals surface area contributed by atoms with Crippen molar-refractivity contribution in [1.82, 2.24) is 5.32 Å².